The van der Waals surface area contributed by atoms with Gasteiger partial charge in [0.1, 0.15) is 11.3 Å². The van der Waals surface area contributed by atoms with Crippen molar-refractivity contribution in [2.24, 2.45) is 0 Å². The van der Waals surface area contributed by atoms with E-state index in [-0.39, 0.29) is 0 Å². The van der Waals surface area contributed by atoms with Gasteiger partial charge in [-0.15, -0.1) is 10.2 Å². The predicted octanol–water partition coefficient (Wildman–Crippen LogP) is 4.56. The van der Waals surface area contributed by atoms with Crippen molar-refractivity contribution < 1.29 is 0 Å². The highest BCUT2D eigenvalue weighted by Gasteiger charge is 2.12. The Hall–Kier alpha value is -2.72. The van der Waals surface area contributed by atoms with Gasteiger partial charge >= 0.3 is 0 Å². The molecule has 0 fully saturated rings. The SMILES string of the molecule is CN(C)c1nc2cc(-c3ccc(Cl)cc3)nnc2c2ccccc12. The lowest BCUT2D eigenvalue weighted by Crippen LogP contribution is -2.11. The lowest BCUT2D eigenvalue weighted by Gasteiger charge is -2.15. The highest BCUT2D eigenvalue weighted by atomic mass is 35.5. The topological polar surface area (TPSA) is 41.9 Å². The molecule has 0 aliphatic heterocycles. The molecule has 4 aromatic rings. The van der Waals surface area contributed by atoms with Gasteiger partial charge in [0.2, 0.25) is 0 Å². The van der Waals surface area contributed by atoms with E-state index in [2.05, 4.69) is 22.3 Å². The minimum Gasteiger partial charge on any atom is -0.362 e. The number of pyridine rings is 1. The van der Waals surface area contributed by atoms with Crippen LogP contribution in [0.1, 0.15) is 0 Å². The Morgan fingerprint density at radius 2 is 1.58 bits per heavy atom. The first-order chi connectivity index (χ1) is 11.6. The molecule has 0 unspecified atom stereocenters. The van der Waals surface area contributed by atoms with Crippen LogP contribution in [-0.2, 0) is 0 Å². The summed E-state index contributed by atoms with van der Waals surface area (Å²) in [4.78, 5) is 6.82. The van der Waals surface area contributed by atoms with E-state index >= 15 is 0 Å². The van der Waals surface area contributed by atoms with Crippen molar-refractivity contribution >= 4 is 39.2 Å². The Labute approximate surface area is 144 Å². The molecule has 0 amide bonds. The zero-order valence-electron chi connectivity index (χ0n) is 13.4. The number of aromatic nitrogens is 3. The maximum atomic E-state index is 5.96. The summed E-state index contributed by atoms with van der Waals surface area (Å²) in [5.41, 5.74) is 3.40. The third-order valence-electron chi connectivity index (χ3n) is 3.99. The van der Waals surface area contributed by atoms with Gasteiger partial charge in [-0.3, -0.25) is 0 Å². The lowest BCUT2D eigenvalue weighted by molar-refractivity contribution is 1.06. The smallest absolute Gasteiger partial charge is 0.136 e. The molecule has 0 atom stereocenters. The Morgan fingerprint density at radius 1 is 0.875 bits per heavy atom. The fourth-order valence-corrected chi connectivity index (χ4v) is 2.95. The van der Waals surface area contributed by atoms with Crippen LogP contribution in [0.15, 0.2) is 54.6 Å². The summed E-state index contributed by atoms with van der Waals surface area (Å²) >= 11 is 5.96. The van der Waals surface area contributed by atoms with Crippen LogP contribution in [0.25, 0.3) is 33.1 Å². The third kappa shape index (κ3) is 2.45. The summed E-state index contributed by atoms with van der Waals surface area (Å²) in [5, 5.41) is 11.7. The molecule has 0 bridgehead atoms. The average Bonchev–Trinajstić information content (AvgIpc) is 2.61. The summed E-state index contributed by atoms with van der Waals surface area (Å²) in [6.45, 7) is 0. The van der Waals surface area contributed by atoms with E-state index in [0.717, 1.165) is 38.9 Å². The van der Waals surface area contributed by atoms with Crippen LogP contribution in [-0.4, -0.2) is 29.3 Å². The van der Waals surface area contributed by atoms with Crippen LogP contribution in [0.2, 0.25) is 5.02 Å². The van der Waals surface area contributed by atoms with E-state index < -0.39 is 0 Å². The highest BCUT2D eigenvalue weighted by molar-refractivity contribution is 6.30. The molecule has 0 spiro atoms. The molecule has 0 saturated carbocycles. The van der Waals surface area contributed by atoms with E-state index in [1.807, 2.05) is 61.5 Å². The molecular formula is C19H15ClN4. The van der Waals surface area contributed by atoms with Crippen LogP contribution in [0.5, 0.6) is 0 Å². The molecule has 24 heavy (non-hydrogen) atoms. The van der Waals surface area contributed by atoms with Crippen LogP contribution >= 0.6 is 11.6 Å². The summed E-state index contributed by atoms with van der Waals surface area (Å²) in [6, 6.07) is 17.7. The second-order valence-electron chi connectivity index (χ2n) is 5.85. The van der Waals surface area contributed by atoms with Gasteiger partial charge in [0.15, 0.2) is 0 Å². The first kappa shape index (κ1) is 14.8. The lowest BCUT2D eigenvalue weighted by atomic mass is 10.1. The van der Waals surface area contributed by atoms with Crippen molar-refractivity contribution in [3.8, 4) is 11.3 Å². The first-order valence-corrected chi connectivity index (χ1v) is 8.01. The molecule has 2 aromatic heterocycles. The van der Waals surface area contributed by atoms with E-state index in [9.17, 15) is 0 Å². The Morgan fingerprint density at radius 3 is 2.29 bits per heavy atom. The quantitative estimate of drug-likeness (QED) is 0.504. The Balaban J connectivity index is 2.00. The number of hydrogen-bond acceptors (Lipinski definition) is 4. The minimum atomic E-state index is 0.700. The molecule has 118 valence electrons. The fourth-order valence-electron chi connectivity index (χ4n) is 2.82. The van der Waals surface area contributed by atoms with Crippen LogP contribution in [0, 0.1) is 0 Å². The number of benzene rings is 2. The molecule has 4 rings (SSSR count). The van der Waals surface area contributed by atoms with Crippen molar-refractivity contribution in [1.82, 2.24) is 15.2 Å². The monoisotopic (exact) mass is 334 g/mol. The molecule has 2 heterocycles. The highest BCUT2D eigenvalue weighted by Crippen LogP contribution is 2.30. The van der Waals surface area contributed by atoms with Crippen molar-refractivity contribution in [2.45, 2.75) is 0 Å². The molecular weight excluding hydrogens is 320 g/mol. The minimum absolute atomic E-state index is 0.700. The number of anilines is 1. The second kappa shape index (κ2) is 5.73. The van der Waals surface area contributed by atoms with Gasteiger partial charge in [-0.1, -0.05) is 48.0 Å². The molecule has 0 aliphatic rings. The van der Waals surface area contributed by atoms with Gasteiger partial charge in [0.05, 0.1) is 11.2 Å². The average molecular weight is 335 g/mol. The standard InChI is InChI=1S/C19H15ClN4/c1-24(2)19-15-6-4-3-5-14(15)18-17(21-19)11-16(22-23-18)12-7-9-13(20)10-8-12/h3-11H,1-2H3. The summed E-state index contributed by atoms with van der Waals surface area (Å²) in [5.74, 6) is 0.924. The van der Waals surface area contributed by atoms with Gasteiger partial charge in [-0.25, -0.2) is 4.98 Å². The van der Waals surface area contributed by atoms with Gasteiger partial charge in [-0.05, 0) is 18.2 Å². The zero-order valence-corrected chi connectivity index (χ0v) is 14.1. The molecule has 0 radical (unpaired) electrons. The van der Waals surface area contributed by atoms with Crippen LogP contribution in [0.3, 0.4) is 0 Å². The fraction of sp³-hybridized carbons (Fsp3) is 0.105. The van der Waals surface area contributed by atoms with Crippen LogP contribution < -0.4 is 4.90 Å². The van der Waals surface area contributed by atoms with Crippen molar-refractivity contribution in [3.63, 3.8) is 0 Å². The molecule has 5 heteroatoms. The van der Waals surface area contributed by atoms with E-state index in [4.69, 9.17) is 16.6 Å². The van der Waals surface area contributed by atoms with Gasteiger partial charge < -0.3 is 4.90 Å². The molecule has 0 saturated heterocycles. The first-order valence-electron chi connectivity index (χ1n) is 7.63. The Bertz CT molecular complexity index is 1040. The zero-order chi connectivity index (χ0) is 16.7. The summed E-state index contributed by atoms with van der Waals surface area (Å²) in [6.07, 6.45) is 0. The molecule has 2 aromatic carbocycles. The number of halogens is 1. The van der Waals surface area contributed by atoms with Crippen LogP contribution in [0.4, 0.5) is 5.82 Å². The second-order valence-corrected chi connectivity index (χ2v) is 6.28. The van der Waals surface area contributed by atoms with Gasteiger partial charge in [0.25, 0.3) is 0 Å². The number of fused-ring (bicyclic) bond motifs is 3. The van der Waals surface area contributed by atoms with E-state index in [1.54, 1.807) is 0 Å². The maximum absolute atomic E-state index is 5.96. The maximum Gasteiger partial charge on any atom is 0.136 e. The van der Waals surface area contributed by atoms with Gasteiger partial charge in [0, 0.05) is 35.5 Å². The van der Waals surface area contributed by atoms with Crippen molar-refractivity contribution in [3.05, 3.63) is 59.6 Å². The third-order valence-corrected chi connectivity index (χ3v) is 4.24. The van der Waals surface area contributed by atoms with E-state index in [0.29, 0.717) is 5.02 Å². The molecule has 0 aliphatic carbocycles. The number of hydrogen-bond donors (Lipinski definition) is 0. The normalized spacial score (nSPS) is 11.1. The summed E-state index contributed by atoms with van der Waals surface area (Å²) in [7, 11) is 3.99. The molecule has 0 N–H and O–H groups in total. The molecule has 4 nitrogen and oxygen atoms in total. The van der Waals surface area contributed by atoms with Crippen molar-refractivity contribution in [1.29, 1.82) is 0 Å². The Kier molecular flexibility index (Phi) is 3.54. The summed E-state index contributed by atoms with van der Waals surface area (Å²) < 4.78 is 0. The van der Waals surface area contributed by atoms with Crippen molar-refractivity contribution in [2.75, 3.05) is 19.0 Å². The predicted molar refractivity (Wildman–Crippen MR) is 99.6 cm³/mol. The largest absolute Gasteiger partial charge is 0.362 e. The number of rotatable bonds is 2. The number of nitrogens with zero attached hydrogens (tertiary/aromatic N) is 4. The van der Waals surface area contributed by atoms with E-state index in [1.165, 1.54) is 0 Å². The van der Waals surface area contributed by atoms with Gasteiger partial charge in [-0.2, -0.15) is 0 Å².